The minimum Gasteiger partial charge on any atom is -0.339 e. The second kappa shape index (κ2) is 6.66. The Labute approximate surface area is 136 Å². The van der Waals surface area contributed by atoms with Gasteiger partial charge in [0.25, 0.3) is 5.91 Å². The molecule has 1 amide bonds. The molecule has 0 unspecified atom stereocenters. The summed E-state index contributed by atoms with van der Waals surface area (Å²) in [7, 11) is 0. The number of likely N-dealkylation sites (tertiary alicyclic amines) is 1. The van der Waals surface area contributed by atoms with Crippen LogP contribution >= 0.6 is 11.3 Å². The van der Waals surface area contributed by atoms with Gasteiger partial charge in [-0.05, 0) is 73.7 Å². The largest absolute Gasteiger partial charge is 0.339 e. The van der Waals surface area contributed by atoms with Crippen molar-refractivity contribution in [2.45, 2.75) is 33.1 Å². The smallest absolute Gasteiger partial charge is 0.253 e. The van der Waals surface area contributed by atoms with E-state index in [0.29, 0.717) is 0 Å². The Hall–Kier alpha value is -1.61. The number of carbonyl (C=O) groups is 1. The van der Waals surface area contributed by atoms with E-state index in [2.05, 4.69) is 31.4 Å². The summed E-state index contributed by atoms with van der Waals surface area (Å²) in [6, 6.07) is 10.4. The normalized spacial score (nSPS) is 16.0. The molecule has 1 aromatic heterocycles. The molecular weight excluding hydrogens is 290 g/mol. The fraction of sp³-hybridized carbons (Fsp3) is 0.421. The van der Waals surface area contributed by atoms with Crippen LogP contribution in [0.15, 0.2) is 35.7 Å². The molecule has 0 saturated carbocycles. The van der Waals surface area contributed by atoms with Crippen molar-refractivity contribution in [3.8, 4) is 0 Å². The summed E-state index contributed by atoms with van der Waals surface area (Å²) in [5, 5.41) is 2.15. The van der Waals surface area contributed by atoms with Gasteiger partial charge in [0.1, 0.15) is 0 Å². The van der Waals surface area contributed by atoms with E-state index in [1.54, 1.807) is 0 Å². The molecule has 3 heteroatoms. The Morgan fingerprint density at radius 2 is 1.95 bits per heavy atom. The second-order valence-electron chi connectivity index (χ2n) is 6.32. The summed E-state index contributed by atoms with van der Waals surface area (Å²) >= 11 is 1.84. The topological polar surface area (TPSA) is 20.3 Å². The molecule has 116 valence electrons. The first-order valence-corrected chi connectivity index (χ1v) is 8.90. The van der Waals surface area contributed by atoms with E-state index < -0.39 is 0 Å². The number of hydrogen-bond donors (Lipinski definition) is 0. The van der Waals surface area contributed by atoms with Gasteiger partial charge in [-0.1, -0.05) is 12.1 Å². The number of thiophene rings is 1. The monoisotopic (exact) mass is 313 g/mol. The lowest BCUT2D eigenvalue weighted by molar-refractivity contribution is 0.0691. The van der Waals surface area contributed by atoms with Crippen molar-refractivity contribution in [2.24, 2.45) is 5.92 Å². The lowest BCUT2D eigenvalue weighted by Crippen LogP contribution is -2.38. The van der Waals surface area contributed by atoms with E-state index in [4.69, 9.17) is 0 Å². The average Bonchev–Trinajstić information content (AvgIpc) is 3.03. The molecule has 0 radical (unpaired) electrons. The van der Waals surface area contributed by atoms with Crippen LogP contribution in [0.2, 0.25) is 0 Å². The van der Waals surface area contributed by atoms with Gasteiger partial charge in [0.15, 0.2) is 0 Å². The Balaban J connectivity index is 1.58. The molecule has 22 heavy (non-hydrogen) atoms. The zero-order valence-corrected chi connectivity index (χ0v) is 14.2. The predicted octanol–water partition coefficient (Wildman–Crippen LogP) is 4.46. The Kier molecular flexibility index (Phi) is 4.63. The minimum absolute atomic E-state index is 0.192. The van der Waals surface area contributed by atoms with E-state index >= 15 is 0 Å². The molecule has 0 atom stereocenters. The number of amides is 1. The second-order valence-corrected chi connectivity index (χ2v) is 7.35. The van der Waals surface area contributed by atoms with E-state index in [0.717, 1.165) is 37.4 Å². The number of carbonyl (C=O) groups excluding carboxylic acids is 1. The minimum atomic E-state index is 0.192. The third-order valence-corrected chi connectivity index (χ3v) is 5.62. The van der Waals surface area contributed by atoms with Crippen molar-refractivity contribution in [3.63, 3.8) is 0 Å². The first kappa shape index (κ1) is 15.3. The number of hydrogen-bond acceptors (Lipinski definition) is 2. The lowest BCUT2D eigenvalue weighted by Gasteiger charge is -2.32. The number of piperidine rings is 1. The molecule has 1 aliphatic heterocycles. The van der Waals surface area contributed by atoms with Crippen molar-refractivity contribution < 1.29 is 4.79 Å². The van der Waals surface area contributed by atoms with Crippen LogP contribution in [0.5, 0.6) is 0 Å². The van der Waals surface area contributed by atoms with Crippen LogP contribution in [0.4, 0.5) is 0 Å². The van der Waals surface area contributed by atoms with Crippen LogP contribution in [0.25, 0.3) is 0 Å². The molecule has 0 bridgehead atoms. The summed E-state index contributed by atoms with van der Waals surface area (Å²) < 4.78 is 0. The molecule has 2 heterocycles. The van der Waals surface area contributed by atoms with E-state index in [9.17, 15) is 4.79 Å². The van der Waals surface area contributed by atoms with E-state index in [1.165, 1.54) is 22.4 Å². The van der Waals surface area contributed by atoms with Crippen molar-refractivity contribution in [3.05, 3.63) is 57.3 Å². The molecular formula is C19H23NOS. The Morgan fingerprint density at radius 1 is 1.18 bits per heavy atom. The maximum Gasteiger partial charge on any atom is 0.253 e. The summed E-state index contributed by atoms with van der Waals surface area (Å²) in [6.45, 7) is 5.93. The third-order valence-electron chi connectivity index (χ3n) is 4.73. The highest BCUT2D eigenvalue weighted by Crippen LogP contribution is 2.25. The molecule has 3 rings (SSSR count). The SMILES string of the molecule is Cc1ccc(C(=O)N2CCC(Cc3cccs3)CC2)cc1C. The summed E-state index contributed by atoms with van der Waals surface area (Å²) in [6.07, 6.45) is 3.41. The van der Waals surface area contributed by atoms with Crippen molar-refractivity contribution in [1.29, 1.82) is 0 Å². The van der Waals surface area contributed by atoms with Crippen molar-refractivity contribution in [1.82, 2.24) is 4.90 Å². The summed E-state index contributed by atoms with van der Waals surface area (Å²) in [5.41, 5.74) is 3.27. The molecule has 2 aromatic rings. The van der Waals surface area contributed by atoms with Crippen LogP contribution < -0.4 is 0 Å². The van der Waals surface area contributed by atoms with Crippen LogP contribution in [0.3, 0.4) is 0 Å². The van der Waals surface area contributed by atoms with Gasteiger partial charge in [0.2, 0.25) is 0 Å². The highest BCUT2D eigenvalue weighted by atomic mass is 32.1. The van der Waals surface area contributed by atoms with Gasteiger partial charge in [-0.3, -0.25) is 4.79 Å². The number of nitrogens with zero attached hydrogens (tertiary/aromatic N) is 1. The molecule has 1 saturated heterocycles. The standard InChI is InChI=1S/C19H23NOS/c1-14-5-6-17(12-15(14)2)19(21)20-9-7-16(8-10-20)13-18-4-3-11-22-18/h3-6,11-12,16H,7-10,13H2,1-2H3. The van der Waals surface area contributed by atoms with Crippen LogP contribution in [-0.2, 0) is 6.42 Å². The van der Waals surface area contributed by atoms with E-state index in [1.807, 2.05) is 34.4 Å². The van der Waals surface area contributed by atoms with Gasteiger partial charge in [-0.15, -0.1) is 11.3 Å². The molecule has 1 aromatic carbocycles. The maximum absolute atomic E-state index is 12.6. The Morgan fingerprint density at radius 3 is 2.59 bits per heavy atom. The first-order valence-electron chi connectivity index (χ1n) is 8.02. The van der Waals surface area contributed by atoms with Gasteiger partial charge >= 0.3 is 0 Å². The van der Waals surface area contributed by atoms with Crippen molar-refractivity contribution >= 4 is 17.2 Å². The van der Waals surface area contributed by atoms with Crippen LogP contribution in [-0.4, -0.2) is 23.9 Å². The molecule has 0 spiro atoms. The summed E-state index contributed by atoms with van der Waals surface area (Å²) in [4.78, 5) is 16.1. The zero-order valence-electron chi connectivity index (χ0n) is 13.3. The summed E-state index contributed by atoms with van der Waals surface area (Å²) in [5.74, 6) is 0.917. The average molecular weight is 313 g/mol. The van der Waals surface area contributed by atoms with Crippen LogP contribution in [0.1, 0.15) is 39.2 Å². The van der Waals surface area contributed by atoms with Gasteiger partial charge in [0.05, 0.1) is 0 Å². The number of rotatable bonds is 3. The van der Waals surface area contributed by atoms with Gasteiger partial charge in [-0.2, -0.15) is 0 Å². The van der Waals surface area contributed by atoms with Crippen molar-refractivity contribution in [2.75, 3.05) is 13.1 Å². The fourth-order valence-corrected chi connectivity index (χ4v) is 3.93. The maximum atomic E-state index is 12.6. The number of aryl methyl sites for hydroxylation is 2. The quantitative estimate of drug-likeness (QED) is 0.819. The molecule has 1 aliphatic rings. The van der Waals surface area contributed by atoms with E-state index in [-0.39, 0.29) is 5.91 Å². The van der Waals surface area contributed by atoms with Gasteiger partial charge < -0.3 is 4.90 Å². The van der Waals surface area contributed by atoms with Crippen LogP contribution in [0, 0.1) is 19.8 Å². The predicted molar refractivity (Wildman–Crippen MR) is 92.6 cm³/mol. The molecule has 0 aliphatic carbocycles. The Bertz CT molecular complexity index is 639. The molecule has 1 fully saturated rings. The highest BCUT2D eigenvalue weighted by Gasteiger charge is 2.24. The van der Waals surface area contributed by atoms with Gasteiger partial charge in [0, 0.05) is 23.5 Å². The first-order chi connectivity index (χ1) is 10.6. The molecule has 0 N–H and O–H groups in total. The zero-order chi connectivity index (χ0) is 15.5. The fourth-order valence-electron chi connectivity index (χ4n) is 3.11. The lowest BCUT2D eigenvalue weighted by atomic mass is 9.92. The molecule has 2 nitrogen and oxygen atoms in total. The third kappa shape index (κ3) is 3.41. The highest BCUT2D eigenvalue weighted by molar-refractivity contribution is 7.09. The number of benzene rings is 1. The van der Waals surface area contributed by atoms with Gasteiger partial charge in [-0.25, -0.2) is 0 Å².